The van der Waals surface area contributed by atoms with Gasteiger partial charge in [-0.1, -0.05) is 0 Å². The molecule has 0 aromatic heterocycles. The Balaban J connectivity index is 2.43. The highest BCUT2D eigenvalue weighted by Gasteiger charge is 2.11. The molecule has 1 unspecified atom stereocenters. The largest absolute Gasteiger partial charge is 0.393 e. The van der Waals surface area contributed by atoms with Crippen LogP contribution < -0.4 is 0 Å². The lowest BCUT2D eigenvalue weighted by molar-refractivity contribution is 0.0950. The third-order valence-electron chi connectivity index (χ3n) is 0.798. The Kier molecular flexibility index (Phi) is 0.314. The zero-order valence-electron chi connectivity index (χ0n) is 4.94. The third kappa shape index (κ3) is 0.428. The summed E-state index contributed by atoms with van der Waals surface area (Å²) in [6.45, 7) is 0. The van der Waals surface area contributed by atoms with Crippen LogP contribution in [0.3, 0.4) is 0 Å². The molecule has 1 saturated carbocycles. The number of hydrogen-bond acceptors (Lipinski definition) is 1. The van der Waals surface area contributed by atoms with Crippen molar-refractivity contribution in [2.24, 2.45) is 0 Å². The summed E-state index contributed by atoms with van der Waals surface area (Å²) in [7, 11) is 0. The summed E-state index contributed by atoms with van der Waals surface area (Å²) in [6.07, 6.45) is -0.797. The molecule has 0 aromatic carbocycles. The van der Waals surface area contributed by atoms with Crippen LogP contribution in [0.15, 0.2) is 0 Å². The van der Waals surface area contributed by atoms with Crippen molar-refractivity contribution in [2.75, 3.05) is 0 Å². The molecule has 0 aliphatic heterocycles. The van der Waals surface area contributed by atoms with E-state index in [9.17, 15) is 0 Å². The highest BCUT2D eigenvalue weighted by atomic mass is 16.3. The fraction of sp³-hybridized carbons (Fsp3) is 1.00. The minimum atomic E-state index is -1.26. The van der Waals surface area contributed by atoms with Gasteiger partial charge < -0.3 is 5.11 Å². The van der Waals surface area contributed by atoms with Gasteiger partial charge in [-0.2, -0.15) is 0 Å². The molecule has 0 bridgehead atoms. The second-order valence-corrected chi connectivity index (χ2v) is 1.26. The number of rotatable bonds is 0. The predicted octanol–water partition coefficient (Wildman–Crippen LogP) is 0.531. The zero-order chi connectivity index (χ0) is 5.49. The lowest BCUT2D eigenvalue weighted by atomic mass is 9.97. The van der Waals surface area contributed by atoms with Crippen molar-refractivity contribution >= 4 is 0 Å². The SMILES string of the molecule is [2H]C1([2H])CCC1O. The van der Waals surface area contributed by atoms with Gasteiger partial charge >= 0.3 is 0 Å². The Bertz CT molecular complexity index is 81.8. The first-order valence-electron chi connectivity index (χ1n) is 2.81. The normalized spacial score (nSPS) is 52.6. The molecule has 1 aliphatic rings. The smallest absolute Gasteiger partial charge is 0.0540 e. The molecule has 1 N–H and O–H groups in total. The van der Waals surface area contributed by atoms with Crippen LogP contribution >= 0.6 is 0 Å². The summed E-state index contributed by atoms with van der Waals surface area (Å²) in [5.41, 5.74) is 0. The van der Waals surface area contributed by atoms with Crippen LogP contribution in [0.5, 0.6) is 0 Å². The van der Waals surface area contributed by atoms with E-state index in [4.69, 9.17) is 7.85 Å². The lowest BCUT2D eigenvalue weighted by Gasteiger charge is -2.17. The van der Waals surface area contributed by atoms with E-state index in [1.165, 1.54) is 0 Å². The molecule has 1 fully saturated rings. The summed E-state index contributed by atoms with van der Waals surface area (Å²) >= 11 is 0. The van der Waals surface area contributed by atoms with Gasteiger partial charge in [0.15, 0.2) is 0 Å². The molecule has 1 atom stereocenters. The van der Waals surface area contributed by atoms with E-state index >= 15 is 0 Å². The van der Waals surface area contributed by atoms with Crippen molar-refractivity contribution in [3.63, 3.8) is 0 Å². The van der Waals surface area contributed by atoms with Gasteiger partial charge in [0.1, 0.15) is 0 Å². The van der Waals surface area contributed by atoms with Crippen LogP contribution in [0.25, 0.3) is 0 Å². The molecule has 1 aliphatic carbocycles. The maximum Gasteiger partial charge on any atom is 0.0540 e. The van der Waals surface area contributed by atoms with Crippen LogP contribution in [0.1, 0.15) is 22.0 Å². The fourth-order valence-electron chi connectivity index (χ4n) is 0.273. The van der Waals surface area contributed by atoms with Crippen molar-refractivity contribution < 1.29 is 7.85 Å². The summed E-state index contributed by atoms with van der Waals surface area (Å²) < 4.78 is 13.8. The van der Waals surface area contributed by atoms with E-state index in [1.54, 1.807) is 0 Å². The van der Waals surface area contributed by atoms with E-state index in [1.807, 2.05) is 0 Å². The van der Waals surface area contributed by atoms with Crippen molar-refractivity contribution in [3.8, 4) is 0 Å². The maximum atomic E-state index is 8.60. The lowest BCUT2D eigenvalue weighted by Crippen LogP contribution is -2.15. The number of aliphatic hydroxyl groups is 1. The van der Waals surface area contributed by atoms with E-state index in [2.05, 4.69) is 0 Å². The second-order valence-electron chi connectivity index (χ2n) is 1.26. The van der Waals surface area contributed by atoms with Crippen LogP contribution in [0.2, 0.25) is 0 Å². The Labute approximate surface area is 34.4 Å². The second kappa shape index (κ2) is 0.977. The Morgan fingerprint density at radius 3 is 2.60 bits per heavy atom. The van der Waals surface area contributed by atoms with Crippen molar-refractivity contribution in [1.29, 1.82) is 0 Å². The van der Waals surface area contributed by atoms with Gasteiger partial charge in [0.2, 0.25) is 0 Å². The minimum absolute atomic E-state index is 0.522. The van der Waals surface area contributed by atoms with Gasteiger partial charge in [0.25, 0.3) is 0 Å². The van der Waals surface area contributed by atoms with Gasteiger partial charge in [-0.05, 0) is 19.2 Å². The third-order valence-corrected chi connectivity index (χ3v) is 0.798. The Morgan fingerprint density at radius 1 is 2.00 bits per heavy atom. The molecule has 0 radical (unpaired) electrons. The van der Waals surface area contributed by atoms with Crippen LogP contribution in [-0.2, 0) is 0 Å². The molecule has 0 heterocycles. The highest BCUT2D eigenvalue weighted by Crippen LogP contribution is 2.16. The average molecular weight is 74.1 g/mol. The first-order chi connectivity index (χ1) is 3.13. The molecular formula is C4H8O. The maximum absolute atomic E-state index is 8.60. The molecule has 1 nitrogen and oxygen atoms in total. The van der Waals surface area contributed by atoms with Crippen LogP contribution in [-0.4, -0.2) is 11.2 Å². The first-order valence-corrected chi connectivity index (χ1v) is 1.81. The first kappa shape index (κ1) is 1.61. The average Bonchev–Trinajstić information content (AvgIpc) is 1.63. The molecule has 30 valence electrons. The van der Waals surface area contributed by atoms with E-state index in [0.29, 0.717) is 12.8 Å². The molecule has 0 aromatic rings. The molecule has 1 rings (SSSR count). The van der Waals surface area contributed by atoms with Gasteiger partial charge in [-0.15, -0.1) is 0 Å². The molecule has 5 heavy (non-hydrogen) atoms. The monoisotopic (exact) mass is 74.1 g/mol. The molecule has 0 saturated heterocycles. The van der Waals surface area contributed by atoms with Gasteiger partial charge in [0.05, 0.1) is 6.10 Å². The van der Waals surface area contributed by atoms with Crippen molar-refractivity contribution in [2.45, 2.75) is 25.3 Å². The fourth-order valence-corrected chi connectivity index (χ4v) is 0.273. The quantitative estimate of drug-likeness (QED) is 0.444. The molecular weight excluding hydrogens is 64.0 g/mol. The molecule has 0 spiro atoms. The van der Waals surface area contributed by atoms with Crippen LogP contribution in [0.4, 0.5) is 0 Å². The van der Waals surface area contributed by atoms with Crippen molar-refractivity contribution in [1.82, 2.24) is 0 Å². The Hall–Kier alpha value is -0.0400. The minimum Gasteiger partial charge on any atom is -0.393 e. The van der Waals surface area contributed by atoms with Gasteiger partial charge in [0, 0.05) is 2.74 Å². The predicted molar refractivity (Wildman–Crippen MR) is 19.9 cm³/mol. The van der Waals surface area contributed by atoms with Crippen LogP contribution in [0, 0.1) is 0 Å². The zero-order valence-corrected chi connectivity index (χ0v) is 2.94. The summed E-state index contributed by atoms with van der Waals surface area (Å²) in [5, 5.41) is 8.60. The van der Waals surface area contributed by atoms with E-state index < -0.39 is 12.5 Å². The standard InChI is InChI=1S/C4H8O/c5-4-2-1-3-4/h4-5H,1-3H2/i2D2. The highest BCUT2D eigenvalue weighted by molar-refractivity contribution is 4.65. The summed E-state index contributed by atoms with van der Waals surface area (Å²) in [5.74, 6) is 0. The van der Waals surface area contributed by atoms with Gasteiger partial charge in [-0.25, -0.2) is 0 Å². The van der Waals surface area contributed by atoms with E-state index in [0.717, 1.165) is 0 Å². The van der Waals surface area contributed by atoms with E-state index in [-0.39, 0.29) is 0 Å². The summed E-state index contributed by atoms with van der Waals surface area (Å²) in [4.78, 5) is 0. The van der Waals surface area contributed by atoms with Crippen molar-refractivity contribution in [3.05, 3.63) is 0 Å². The topological polar surface area (TPSA) is 20.2 Å². The molecule has 1 heteroatoms. The van der Waals surface area contributed by atoms with Gasteiger partial charge in [-0.3, -0.25) is 0 Å². The summed E-state index contributed by atoms with van der Waals surface area (Å²) in [6, 6.07) is 0. The number of hydrogen-bond donors (Lipinski definition) is 1. The Morgan fingerprint density at radius 2 is 2.60 bits per heavy atom. The number of aliphatic hydroxyl groups excluding tert-OH is 1. The molecule has 0 amide bonds.